The summed E-state index contributed by atoms with van der Waals surface area (Å²) in [6, 6.07) is 4.67. The Kier molecular flexibility index (Phi) is 4.41. The third-order valence-corrected chi connectivity index (χ3v) is 5.59. The number of methoxy groups -OCH3 is 1. The maximum absolute atomic E-state index is 12.6. The monoisotopic (exact) mass is 379 g/mol. The van der Waals surface area contributed by atoms with Gasteiger partial charge in [0.05, 0.1) is 18.2 Å². The number of hydrogen-bond acceptors (Lipinski definition) is 7. The van der Waals surface area contributed by atoms with E-state index >= 15 is 0 Å². The number of benzene rings is 1. The largest absolute Gasteiger partial charge is 0.480 e. The number of hydrogen-bond donors (Lipinski definition) is 2. The summed E-state index contributed by atoms with van der Waals surface area (Å²) in [5.74, 6) is -2.70. The average molecular weight is 379 g/mol. The molecule has 1 aromatic rings. The smallest absolute Gasteiger partial charge is 0.425 e. The number of nitrogens with one attached hydrogen (secondary N) is 1. The second-order valence-electron chi connectivity index (χ2n) is 6.23. The molecule has 138 valence electrons. The third-order valence-electron chi connectivity index (χ3n) is 4.21. The Labute approximate surface area is 153 Å². The maximum atomic E-state index is 12.6. The summed E-state index contributed by atoms with van der Waals surface area (Å²) in [5.41, 5.74) is 3.08. The van der Waals surface area contributed by atoms with Crippen molar-refractivity contribution in [2.75, 3.05) is 7.11 Å². The number of aliphatic carboxylic acids is 1. The van der Waals surface area contributed by atoms with Gasteiger partial charge in [-0.1, -0.05) is 12.1 Å². The molecule has 2 atom stereocenters. The number of carboxylic acids is 1. The first-order chi connectivity index (χ1) is 12.2. The second kappa shape index (κ2) is 6.29. The minimum Gasteiger partial charge on any atom is -0.480 e. The van der Waals surface area contributed by atoms with Gasteiger partial charge < -0.3 is 9.84 Å². The fraction of sp³-hybridized carbons (Fsp3) is 0.375. The predicted molar refractivity (Wildman–Crippen MR) is 91.2 cm³/mol. The number of carbonyl (C=O) groups excluding carboxylic acids is 3. The Morgan fingerprint density at radius 1 is 1.23 bits per heavy atom. The number of rotatable bonds is 3. The molecule has 0 aromatic heterocycles. The van der Waals surface area contributed by atoms with E-state index in [0.717, 1.165) is 21.7 Å². The van der Waals surface area contributed by atoms with Crippen LogP contribution in [-0.4, -0.2) is 62.3 Å². The SMILES string of the molecule is COC(=O)N1N[C@H]([C@H](C(=O)O)N2C(=O)c3ccccc3C2=O)SC1(C)C. The maximum Gasteiger partial charge on any atom is 0.425 e. The number of carbonyl (C=O) groups is 4. The fourth-order valence-electron chi connectivity index (χ4n) is 3.01. The predicted octanol–water partition coefficient (Wildman–Crippen LogP) is 1.12. The molecule has 1 aromatic carbocycles. The van der Waals surface area contributed by atoms with E-state index in [-0.39, 0.29) is 11.1 Å². The zero-order chi connectivity index (χ0) is 19.2. The van der Waals surface area contributed by atoms with Crippen molar-refractivity contribution in [3.63, 3.8) is 0 Å². The van der Waals surface area contributed by atoms with Crippen molar-refractivity contribution in [3.05, 3.63) is 35.4 Å². The molecule has 0 radical (unpaired) electrons. The molecule has 3 rings (SSSR count). The van der Waals surface area contributed by atoms with Crippen LogP contribution in [0.3, 0.4) is 0 Å². The fourth-order valence-corrected chi connectivity index (χ4v) is 4.39. The molecule has 9 nitrogen and oxygen atoms in total. The van der Waals surface area contributed by atoms with Crippen LogP contribution in [-0.2, 0) is 9.53 Å². The van der Waals surface area contributed by atoms with Crippen molar-refractivity contribution in [2.24, 2.45) is 0 Å². The summed E-state index contributed by atoms with van der Waals surface area (Å²) in [4.78, 5) is 49.0. The lowest BCUT2D eigenvalue weighted by Gasteiger charge is -2.27. The molecular weight excluding hydrogens is 362 g/mol. The molecule has 10 heteroatoms. The minimum absolute atomic E-state index is 0.163. The Bertz CT molecular complexity index is 776. The van der Waals surface area contributed by atoms with Gasteiger partial charge in [-0.3, -0.25) is 14.5 Å². The Morgan fingerprint density at radius 3 is 2.23 bits per heavy atom. The van der Waals surface area contributed by atoms with Crippen LogP contribution in [0, 0.1) is 0 Å². The van der Waals surface area contributed by atoms with Crippen LogP contribution in [0.15, 0.2) is 24.3 Å². The molecule has 0 unspecified atom stereocenters. The van der Waals surface area contributed by atoms with Gasteiger partial charge in [0.15, 0.2) is 6.04 Å². The highest BCUT2D eigenvalue weighted by Crippen LogP contribution is 2.40. The van der Waals surface area contributed by atoms with Crippen LogP contribution in [0.2, 0.25) is 0 Å². The van der Waals surface area contributed by atoms with E-state index in [9.17, 15) is 24.3 Å². The number of fused-ring (bicyclic) bond motifs is 1. The van der Waals surface area contributed by atoms with Crippen LogP contribution in [0.4, 0.5) is 4.79 Å². The topological polar surface area (TPSA) is 116 Å². The number of amides is 3. The van der Waals surface area contributed by atoms with E-state index in [1.54, 1.807) is 26.0 Å². The zero-order valence-corrected chi connectivity index (χ0v) is 15.1. The lowest BCUT2D eigenvalue weighted by atomic mass is 10.1. The molecule has 26 heavy (non-hydrogen) atoms. The lowest BCUT2D eigenvalue weighted by molar-refractivity contribution is -0.142. The molecule has 0 aliphatic carbocycles. The number of thioether (sulfide) groups is 1. The first-order valence-corrected chi connectivity index (χ1v) is 8.59. The minimum atomic E-state index is -1.50. The average Bonchev–Trinajstić information content (AvgIpc) is 3.03. The quantitative estimate of drug-likeness (QED) is 0.751. The summed E-state index contributed by atoms with van der Waals surface area (Å²) in [5, 5.41) is 9.95. The van der Waals surface area contributed by atoms with Crippen molar-refractivity contribution in [2.45, 2.75) is 30.1 Å². The van der Waals surface area contributed by atoms with E-state index in [0.29, 0.717) is 0 Å². The van der Waals surface area contributed by atoms with Crippen LogP contribution < -0.4 is 5.43 Å². The molecular formula is C16H17N3O6S. The van der Waals surface area contributed by atoms with Crippen LogP contribution >= 0.6 is 11.8 Å². The molecule has 1 saturated heterocycles. The van der Waals surface area contributed by atoms with E-state index in [4.69, 9.17) is 4.74 Å². The van der Waals surface area contributed by atoms with E-state index in [2.05, 4.69) is 5.43 Å². The van der Waals surface area contributed by atoms with E-state index < -0.39 is 40.2 Å². The summed E-state index contributed by atoms with van der Waals surface area (Å²) < 4.78 is 4.69. The highest BCUT2D eigenvalue weighted by molar-refractivity contribution is 8.01. The standard InChI is InChI=1S/C16H17N3O6S/c1-16(2)19(15(24)25-3)17-11(26-16)10(14(22)23)18-12(20)8-6-4-5-7-9(8)13(18)21/h4-7,10-11,17H,1-3H3,(H,22,23)/t10-,11+/m1/s1. The van der Waals surface area contributed by atoms with Gasteiger partial charge in [-0.2, -0.15) is 0 Å². The van der Waals surface area contributed by atoms with Gasteiger partial charge in [0.25, 0.3) is 11.8 Å². The number of imide groups is 1. The highest BCUT2D eigenvalue weighted by Gasteiger charge is 2.53. The van der Waals surface area contributed by atoms with Gasteiger partial charge in [0.2, 0.25) is 0 Å². The van der Waals surface area contributed by atoms with Crippen LogP contribution in [0.25, 0.3) is 0 Å². The van der Waals surface area contributed by atoms with Gasteiger partial charge in [-0.05, 0) is 26.0 Å². The van der Waals surface area contributed by atoms with Crippen molar-refractivity contribution in [1.29, 1.82) is 0 Å². The molecule has 0 spiro atoms. The van der Waals surface area contributed by atoms with Crippen molar-refractivity contribution < 1.29 is 29.0 Å². The van der Waals surface area contributed by atoms with Crippen LogP contribution in [0.5, 0.6) is 0 Å². The summed E-state index contributed by atoms with van der Waals surface area (Å²) in [6.45, 7) is 3.39. The first-order valence-electron chi connectivity index (χ1n) is 7.71. The second-order valence-corrected chi connectivity index (χ2v) is 7.97. The van der Waals surface area contributed by atoms with Gasteiger partial charge in [-0.15, -0.1) is 11.8 Å². The molecule has 2 N–H and O–H groups in total. The Balaban J connectivity index is 1.95. The molecule has 0 saturated carbocycles. The van der Waals surface area contributed by atoms with E-state index in [1.807, 2.05) is 0 Å². The number of carboxylic acid groups (broad SMARTS) is 1. The van der Waals surface area contributed by atoms with Gasteiger partial charge in [0, 0.05) is 0 Å². The van der Waals surface area contributed by atoms with E-state index in [1.165, 1.54) is 19.2 Å². The molecule has 0 bridgehead atoms. The van der Waals surface area contributed by atoms with Crippen LogP contribution in [0.1, 0.15) is 34.6 Å². The van der Waals surface area contributed by atoms with Gasteiger partial charge >= 0.3 is 12.1 Å². The third kappa shape index (κ3) is 2.71. The summed E-state index contributed by atoms with van der Waals surface area (Å²) in [7, 11) is 1.21. The molecule has 2 aliphatic rings. The van der Waals surface area contributed by atoms with Gasteiger partial charge in [-0.25, -0.2) is 20.0 Å². The normalized spacial score (nSPS) is 22.3. The van der Waals surface area contributed by atoms with Crippen molar-refractivity contribution in [1.82, 2.24) is 15.3 Å². The Morgan fingerprint density at radius 2 is 1.77 bits per heavy atom. The summed E-state index contributed by atoms with van der Waals surface area (Å²) in [6.07, 6.45) is -0.698. The Hall–Kier alpha value is -2.59. The lowest BCUT2D eigenvalue weighted by Crippen LogP contribution is -2.56. The van der Waals surface area contributed by atoms with Gasteiger partial charge in [0.1, 0.15) is 10.2 Å². The zero-order valence-electron chi connectivity index (χ0n) is 14.3. The molecule has 1 fully saturated rings. The number of ether oxygens (including phenoxy) is 1. The van der Waals surface area contributed by atoms with Crippen molar-refractivity contribution in [3.8, 4) is 0 Å². The number of hydrazine groups is 1. The highest BCUT2D eigenvalue weighted by atomic mass is 32.2. The summed E-state index contributed by atoms with van der Waals surface area (Å²) >= 11 is 1.11. The molecule has 2 aliphatic heterocycles. The molecule has 2 heterocycles. The van der Waals surface area contributed by atoms with Crippen molar-refractivity contribution >= 4 is 35.6 Å². The number of nitrogens with zero attached hydrogens (tertiary/aromatic N) is 2. The molecule has 3 amide bonds. The first kappa shape index (κ1) is 18.2.